The second-order valence-electron chi connectivity index (χ2n) is 2.44. The van der Waals surface area contributed by atoms with E-state index in [0.717, 1.165) is 6.08 Å². The van der Waals surface area contributed by atoms with Gasteiger partial charge in [-0.05, 0) is 13.0 Å². The first-order valence-corrected chi connectivity index (χ1v) is 4.05. The van der Waals surface area contributed by atoms with Crippen LogP contribution in [0.25, 0.3) is 0 Å². The van der Waals surface area contributed by atoms with Gasteiger partial charge >= 0.3 is 12.6 Å². The maximum absolute atomic E-state index is 11.6. The van der Waals surface area contributed by atoms with E-state index in [1.165, 1.54) is 13.2 Å². The van der Waals surface area contributed by atoms with Crippen molar-refractivity contribution in [1.29, 1.82) is 0 Å². The predicted octanol–water partition coefficient (Wildman–Crippen LogP) is 1.79. The molecule has 0 radical (unpaired) electrons. The van der Waals surface area contributed by atoms with E-state index < -0.39 is 24.9 Å². The number of halogens is 2. The van der Waals surface area contributed by atoms with Crippen molar-refractivity contribution in [3.63, 3.8) is 0 Å². The average Bonchev–Trinajstić information content (AvgIpc) is 2.21. The number of allylic oxidation sites excluding steroid dienone is 1. The van der Waals surface area contributed by atoms with Crippen molar-refractivity contribution in [2.24, 2.45) is 0 Å². The molecule has 0 atom stereocenters. The van der Waals surface area contributed by atoms with Crippen molar-refractivity contribution in [3.8, 4) is 0 Å². The van der Waals surface area contributed by atoms with E-state index in [0.29, 0.717) is 0 Å². The maximum Gasteiger partial charge on any atom is 0.345 e. The number of rotatable bonds is 5. The van der Waals surface area contributed by atoms with E-state index in [1.807, 2.05) is 0 Å². The monoisotopic (exact) mass is 222 g/mol. The van der Waals surface area contributed by atoms with Crippen LogP contribution in [0.1, 0.15) is 6.92 Å². The van der Waals surface area contributed by atoms with Gasteiger partial charge in [-0.1, -0.05) is 6.08 Å². The molecule has 15 heavy (non-hydrogen) atoms. The third-order valence-corrected chi connectivity index (χ3v) is 1.41. The summed E-state index contributed by atoms with van der Waals surface area (Å²) in [4.78, 5) is 11.0. The normalized spacial score (nSPS) is 13.1. The molecule has 0 aromatic heterocycles. The summed E-state index contributed by atoms with van der Waals surface area (Å²) >= 11 is 0. The summed E-state index contributed by atoms with van der Waals surface area (Å²) in [5, 5.41) is 9.10. The number of aliphatic hydroxyl groups excluding tert-OH is 1. The van der Waals surface area contributed by atoms with Crippen LogP contribution < -0.4 is 0 Å². The second kappa shape index (κ2) is 6.94. The molecule has 0 heterocycles. The van der Waals surface area contributed by atoms with Gasteiger partial charge in [0.05, 0.1) is 12.7 Å². The number of esters is 1. The highest BCUT2D eigenvalue weighted by Gasteiger charge is 2.08. The summed E-state index contributed by atoms with van der Waals surface area (Å²) < 4.78 is 31.4. The van der Waals surface area contributed by atoms with Gasteiger partial charge < -0.3 is 14.6 Å². The van der Waals surface area contributed by atoms with Crippen LogP contribution in [-0.2, 0) is 14.3 Å². The van der Waals surface area contributed by atoms with Crippen LogP contribution in [0.5, 0.6) is 0 Å². The Bertz CT molecular complexity index is 271. The smallest absolute Gasteiger partial charge is 0.345 e. The first kappa shape index (κ1) is 13.6. The molecule has 0 aliphatic rings. The summed E-state index contributed by atoms with van der Waals surface area (Å²) in [5.41, 5.74) is 0.0628. The number of methoxy groups -OCH3 is 1. The fraction of sp³-hybridized carbons (Fsp3) is 0.444. The molecule has 0 bridgehead atoms. The summed E-state index contributed by atoms with van der Waals surface area (Å²) in [6, 6.07) is 0. The number of ether oxygens (including phenoxy) is 2. The van der Waals surface area contributed by atoms with Crippen LogP contribution in [0.15, 0.2) is 23.5 Å². The van der Waals surface area contributed by atoms with E-state index in [2.05, 4.69) is 9.47 Å². The molecule has 4 nitrogen and oxygen atoms in total. The number of hydrogen-bond donors (Lipinski definition) is 1. The van der Waals surface area contributed by atoms with Crippen molar-refractivity contribution < 1.29 is 28.2 Å². The van der Waals surface area contributed by atoms with E-state index in [-0.39, 0.29) is 5.57 Å². The molecule has 0 saturated carbocycles. The molecule has 0 spiro atoms. The summed E-state index contributed by atoms with van der Waals surface area (Å²) in [6.07, 6.45) is 2.39. The zero-order valence-corrected chi connectivity index (χ0v) is 8.37. The Balaban J connectivity index is 4.37. The zero-order valence-electron chi connectivity index (χ0n) is 8.37. The summed E-state index contributed by atoms with van der Waals surface area (Å²) in [5.74, 6) is -1.14. The van der Waals surface area contributed by atoms with Gasteiger partial charge in [0, 0.05) is 0 Å². The van der Waals surface area contributed by atoms with Gasteiger partial charge in [-0.2, -0.15) is 8.78 Å². The van der Waals surface area contributed by atoms with Crippen LogP contribution in [-0.4, -0.2) is 31.4 Å². The lowest BCUT2D eigenvalue weighted by atomic mass is 10.2. The Labute approximate surface area is 85.8 Å². The lowest BCUT2D eigenvalue weighted by Gasteiger charge is -2.03. The summed E-state index contributed by atoms with van der Waals surface area (Å²) in [7, 11) is 1.17. The number of hydrogen-bond acceptors (Lipinski definition) is 4. The minimum Gasteiger partial charge on any atom is -0.510 e. The largest absolute Gasteiger partial charge is 0.510 e. The van der Waals surface area contributed by atoms with Gasteiger partial charge in [0.25, 0.3) is 0 Å². The standard InChI is InChI=1S/C9H12F2O4/c1-3-6(8(13)14-2)4-7(12)5-15-9(10)11/h3-4,9,12H,5H2,1-2H3/b6-3+,7-4+. The van der Waals surface area contributed by atoms with Crippen LogP contribution in [0.2, 0.25) is 0 Å². The molecule has 0 aromatic rings. The van der Waals surface area contributed by atoms with Crippen LogP contribution in [0.3, 0.4) is 0 Å². The fourth-order valence-electron chi connectivity index (χ4n) is 0.748. The molecule has 0 fully saturated rings. The van der Waals surface area contributed by atoms with Crippen LogP contribution >= 0.6 is 0 Å². The lowest BCUT2D eigenvalue weighted by molar-refractivity contribution is -0.135. The predicted molar refractivity (Wildman–Crippen MR) is 48.4 cm³/mol. The number of aliphatic hydroxyl groups is 1. The molecule has 0 rings (SSSR count). The molecule has 0 aliphatic carbocycles. The third kappa shape index (κ3) is 5.79. The van der Waals surface area contributed by atoms with Gasteiger partial charge in [0.15, 0.2) is 0 Å². The van der Waals surface area contributed by atoms with Crippen molar-refractivity contribution in [2.75, 3.05) is 13.7 Å². The number of alkyl halides is 2. The summed E-state index contributed by atoms with van der Waals surface area (Å²) in [6.45, 7) is -2.08. The Morgan fingerprint density at radius 1 is 1.53 bits per heavy atom. The van der Waals surface area contributed by atoms with Gasteiger partial charge in [-0.25, -0.2) is 4.79 Å². The average molecular weight is 222 g/mol. The molecule has 0 aromatic carbocycles. The van der Waals surface area contributed by atoms with Crippen LogP contribution in [0, 0.1) is 0 Å². The zero-order chi connectivity index (χ0) is 11.8. The van der Waals surface area contributed by atoms with Gasteiger partial charge in [-0.15, -0.1) is 0 Å². The molecule has 0 saturated heterocycles. The number of carbonyl (C=O) groups excluding carboxylic acids is 1. The van der Waals surface area contributed by atoms with E-state index in [9.17, 15) is 13.6 Å². The Morgan fingerprint density at radius 3 is 2.53 bits per heavy atom. The highest BCUT2D eigenvalue weighted by atomic mass is 19.3. The van der Waals surface area contributed by atoms with Crippen molar-refractivity contribution >= 4 is 5.97 Å². The Kier molecular flexibility index (Phi) is 6.28. The molecule has 0 aliphatic heterocycles. The lowest BCUT2D eigenvalue weighted by Crippen LogP contribution is -2.07. The molecule has 0 amide bonds. The van der Waals surface area contributed by atoms with Gasteiger partial charge in [0.2, 0.25) is 0 Å². The van der Waals surface area contributed by atoms with Crippen molar-refractivity contribution in [2.45, 2.75) is 13.5 Å². The number of carbonyl (C=O) groups is 1. The first-order valence-electron chi connectivity index (χ1n) is 4.05. The van der Waals surface area contributed by atoms with E-state index >= 15 is 0 Å². The highest BCUT2D eigenvalue weighted by Crippen LogP contribution is 2.05. The topological polar surface area (TPSA) is 55.8 Å². The van der Waals surface area contributed by atoms with Crippen molar-refractivity contribution in [3.05, 3.63) is 23.5 Å². The Morgan fingerprint density at radius 2 is 2.13 bits per heavy atom. The molecule has 0 unspecified atom stereocenters. The molecule has 86 valence electrons. The van der Waals surface area contributed by atoms with Crippen LogP contribution in [0.4, 0.5) is 8.78 Å². The second-order valence-corrected chi connectivity index (χ2v) is 2.44. The van der Waals surface area contributed by atoms with Crippen molar-refractivity contribution in [1.82, 2.24) is 0 Å². The SMILES string of the molecule is C/C=C(\C=C(\O)COC(F)F)C(=O)OC. The molecular formula is C9H12F2O4. The maximum atomic E-state index is 11.6. The molecule has 1 N–H and O–H groups in total. The molecule has 6 heteroatoms. The molecular weight excluding hydrogens is 210 g/mol. The fourth-order valence-corrected chi connectivity index (χ4v) is 0.748. The van der Waals surface area contributed by atoms with E-state index in [4.69, 9.17) is 5.11 Å². The van der Waals surface area contributed by atoms with Gasteiger partial charge in [-0.3, -0.25) is 0 Å². The van der Waals surface area contributed by atoms with Gasteiger partial charge in [0.1, 0.15) is 12.4 Å². The third-order valence-electron chi connectivity index (χ3n) is 1.41. The highest BCUT2D eigenvalue weighted by molar-refractivity contribution is 5.91. The Hall–Kier alpha value is -1.43. The van der Waals surface area contributed by atoms with E-state index in [1.54, 1.807) is 6.92 Å². The minimum atomic E-state index is -2.97. The quantitative estimate of drug-likeness (QED) is 0.333. The minimum absolute atomic E-state index is 0.0628. The first-order chi connectivity index (χ1) is 7.01.